The zero-order chi connectivity index (χ0) is 13.0. The minimum atomic E-state index is 0.118. The van der Waals surface area contributed by atoms with Crippen LogP contribution in [-0.2, 0) is 6.42 Å². The summed E-state index contributed by atoms with van der Waals surface area (Å²) in [5, 5.41) is 9.88. The second kappa shape index (κ2) is 6.31. The third-order valence-electron chi connectivity index (χ3n) is 3.22. The van der Waals surface area contributed by atoms with Crippen LogP contribution < -0.4 is 5.73 Å². The van der Waals surface area contributed by atoms with Gasteiger partial charge in [-0.3, -0.25) is 0 Å². The van der Waals surface area contributed by atoms with E-state index in [2.05, 4.69) is 19.9 Å². The predicted molar refractivity (Wildman–Crippen MR) is 75.5 cm³/mol. The van der Waals surface area contributed by atoms with Gasteiger partial charge in [0, 0.05) is 4.90 Å². The predicted octanol–water partition coefficient (Wildman–Crippen LogP) is 3.69. The lowest BCUT2D eigenvalue weighted by molar-refractivity contribution is 0.467. The molecule has 2 nitrogen and oxygen atoms in total. The number of phenolic OH excluding ortho intramolecular Hbond substituents is 1. The Morgan fingerprint density at radius 3 is 2.53 bits per heavy atom. The quantitative estimate of drug-likeness (QED) is 0.621. The van der Waals surface area contributed by atoms with Gasteiger partial charge in [-0.2, -0.15) is 0 Å². The Balaban J connectivity index is 2.91. The highest BCUT2D eigenvalue weighted by atomic mass is 32.2. The molecule has 0 aliphatic rings. The van der Waals surface area contributed by atoms with E-state index in [4.69, 9.17) is 5.73 Å². The lowest BCUT2D eigenvalue weighted by Crippen LogP contribution is -2.23. The highest BCUT2D eigenvalue weighted by molar-refractivity contribution is 8.00. The molecule has 1 aromatic carbocycles. The number of hydrogen-bond donors (Lipinski definition) is 2. The van der Waals surface area contributed by atoms with E-state index in [1.165, 1.54) is 4.90 Å². The molecule has 0 aliphatic carbocycles. The molecule has 96 valence electrons. The lowest BCUT2D eigenvalue weighted by atomic mass is 10.1. The Morgan fingerprint density at radius 2 is 2.00 bits per heavy atom. The summed E-state index contributed by atoms with van der Waals surface area (Å²) in [7, 11) is 0. The Labute approximate surface area is 109 Å². The molecule has 2 unspecified atom stereocenters. The van der Waals surface area contributed by atoms with Crippen LogP contribution >= 0.6 is 11.8 Å². The second-order valence-corrected chi connectivity index (χ2v) is 5.79. The van der Waals surface area contributed by atoms with Crippen molar-refractivity contribution >= 4 is 11.8 Å². The minimum Gasteiger partial charge on any atom is -0.508 e. The topological polar surface area (TPSA) is 46.2 Å². The first-order chi connectivity index (χ1) is 7.99. The van der Waals surface area contributed by atoms with Crippen LogP contribution in [0.5, 0.6) is 5.75 Å². The van der Waals surface area contributed by atoms with Gasteiger partial charge in [0.05, 0.1) is 5.37 Å². The van der Waals surface area contributed by atoms with Crippen molar-refractivity contribution in [1.29, 1.82) is 0 Å². The van der Waals surface area contributed by atoms with Crippen LogP contribution in [0.2, 0.25) is 0 Å². The molecule has 0 bridgehead atoms. The summed E-state index contributed by atoms with van der Waals surface area (Å²) in [6.07, 6.45) is 1.93. The summed E-state index contributed by atoms with van der Waals surface area (Å²) in [4.78, 5) is 1.19. The minimum absolute atomic E-state index is 0.118. The maximum Gasteiger partial charge on any atom is 0.119 e. The van der Waals surface area contributed by atoms with Gasteiger partial charge in [0.2, 0.25) is 0 Å². The third-order valence-corrected chi connectivity index (χ3v) is 4.66. The third kappa shape index (κ3) is 3.65. The van der Waals surface area contributed by atoms with Crippen molar-refractivity contribution in [3.63, 3.8) is 0 Å². The van der Waals surface area contributed by atoms with Crippen molar-refractivity contribution < 1.29 is 5.11 Å². The molecule has 2 atom stereocenters. The average Bonchev–Trinajstić information content (AvgIpc) is 2.31. The van der Waals surface area contributed by atoms with Crippen molar-refractivity contribution in [3.8, 4) is 5.75 Å². The number of thioether (sulfide) groups is 1. The van der Waals surface area contributed by atoms with Crippen LogP contribution in [0.25, 0.3) is 0 Å². The Morgan fingerprint density at radius 1 is 1.35 bits per heavy atom. The van der Waals surface area contributed by atoms with E-state index >= 15 is 0 Å². The molecular formula is C14H23NOS. The molecule has 0 heterocycles. The molecule has 0 saturated heterocycles. The summed E-state index contributed by atoms with van der Waals surface area (Å²) >= 11 is 1.71. The van der Waals surface area contributed by atoms with E-state index in [0.717, 1.165) is 24.0 Å². The van der Waals surface area contributed by atoms with Gasteiger partial charge in [-0.05, 0) is 42.5 Å². The first-order valence-corrected chi connectivity index (χ1v) is 7.12. The molecule has 1 aromatic rings. The van der Waals surface area contributed by atoms with Crippen LogP contribution in [0.1, 0.15) is 38.3 Å². The monoisotopic (exact) mass is 253 g/mol. The van der Waals surface area contributed by atoms with Crippen molar-refractivity contribution in [2.75, 3.05) is 0 Å². The van der Waals surface area contributed by atoms with Crippen LogP contribution in [0.4, 0.5) is 0 Å². The van der Waals surface area contributed by atoms with E-state index < -0.39 is 0 Å². The van der Waals surface area contributed by atoms with Gasteiger partial charge in [0.25, 0.3) is 0 Å². The maximum atomic E-state index is 9.76. The summed E-state index contributed by atoms with van der Waals surface area (Å²) in [6, 6.07) is 3.90. The number of phenols is 1. The fourth-order valence-electron chi connectivity index (χ4n) is 1.62. The number of nitrogens with two attached hydrogens (primary N) is 1. The first-order valence-electron chi connectivity index (χ1n) is 6.24. The normalized spacial score (nSPS) is 14.6. The smallest absolute Gasteiger partial charge is 0.119 e. The van der Waals surface area contributed by atoms with Gasteiger partial charge in [-0.25, -0.2) is 0 Å². The van der Waals surface area contributed by atoms with Gasteiger partial charge >= 0.3 is 0 Å². The van der Waals surface area contributed by atoms with Crippen molar-refractivity contribution in [2.45, 2.75) is 50.8 Å². The van der Waals surface area contributed by atoms with E-state index in [1.54, 1.807) is 11.8 Å². The lowest BCUT2D eigenvalue weighted by Gasteiger charge is -2.19. The zero-order valence-electron chi connectivity index (χ0n) is 11.2. The summed E-state index contributed by atoms with van der Waals surface area (Å²) < 4.78 is 0. The van der Waals surface area contributed by atoms with Crippen LogP contribution in [0.3, 0.4) is 0 Å². The summed E-state index contributed by atoms with van der Waals surface area (Å²) in [5.41, 5.74) is 8.25. The summed E-state index contributed by atoms with van der Waals surface area (Å²) in [6.45, 7) is 8.40. The van der Waals surface area contributed by atoms with Gasteiger partial charge in [0.1, 0.15) is 5.75 Å². The molecule has 1 rings (SSSR count). The number of aryl methyl sites for hydroxylation is 2. The zero-order valence-corrected chi connectivity index (χ0v) is 12.0. The van der Waals surface area contributed by atoms with Gasteiger partial charge in [0.15, 0.2) is 0 Å². The molecule has 0 amide bonds. The fraction of sp³-hybridized carbons (Fsp3) is 0.571. The van der Waals surface area contributed by atoms with E-state index in [1.807, 2.05) is 19.9 Å². The molecule has 0 fully saturated rings. The largest absolute Gasteiger partial charge is 0.508 e. The Kier molecular flexibility index (Phi) is 5.34. The summed E-state index contributed by atoms with van der Waals surface area (Å²) in [5.74, 6) is 0.893. The molecule has 0 spiro atoms. The van der Waals surface area contributed by atoms with Crippen molar-refractivity contribution in [2.24, 2.45) is 11.7 Å². The van der Waals surface area contributed by atoms with E-state index in [0.29, 0.717) is 11.7 Å². The van der Waals surface area contributed by atoms with Crippen LogP contribution in [0.15, 0.2) is 17.0 Å². The van der Waals surface area contributed by atoms with E-state index in [9.17, 15) is 5.11 Å². The highest BCUT2D eigenvalue weighted by Crippen LogP contribution is 2.33. The number of rotatable bonds is 5. The standard InChI is InChI=1S/C14H23NOS/c1-5-9(3)14(15)17-13-8-11(6-2)12(16)7-10(13)4/h7-9,14,16H,5-6,15H2,1-4H3. The molecular weight excluding hydrogens is 230 g/mol. The SMILES string of the molecule is CCc1cc(SC(N)C(C)CC)c(C)cc1O. The van der Waals surface area contributed by atoms with Crippen LogP contribution in [0, 0.1) is 12.8 Å². The van der Waals surface area contributed by atoms with Crippen LogP contribution in [-0.4, -0.2) is 10.5 Å². The van der Waals surface area contributed by atoms with Gasteiger partial charge < -0.3 is 10.8 Å². The van der Waals surface area contributed by atoms with E-state index in [-0.39, 0.29) is 5.37 Å². The van der Waals surface area contributed by atoms with Crippen molar-refractivity contribution in [1.82, 2.24) is 0 Å². The van der Waals surface area contributed by atoms with Crippen molar-refractivity contribution in [3.05, 3.63) is 23.3 Å². The first kappa shape index (κ1) is 14.4. The molecule has 0 aromatic heterocycles. The fourth-order valence-corrected chi connectivity index (χ4v) is 2.79. The second-order valence-electron chi connectivity index (χ2n) is 4.57. The molecule has 0 saturated carbocycles. The number of hydrogen-bond acceptors (Lipinski definition) is 3. The number of aromatic hydroxyl groups is 1. The highest BCUT2D eigenvalue weighted by Gasteiger charge is 2.14. The molecule has 0 radical (unpaired) electrons. The number of benzene rings is 1. The van der Waals surface area contributed by atoms with Gasteiger partial charge in [-0.1, -0.05) is 27.2 Å². The Hall–Kier alpha value is -0.670. The molecule has 3 heteroatoms. The molecule has 3 N–H and O–H groups in total. The maximum absolute atomic E-state index is 9.76. The Bertz CT molecular complexity index is 379. The molecule has 17 heavy (non-hydrogen) atoms. The molecule has 0 aliphatic heterocycles. The average molecular weight is 253 g/mol. The van der Waals surface area contributed by atoms with Gasteiger partial charge in [-0.15, -0.1) is 11.8 Å².